The normalized spacial score (nSPS) is 13.1. The van der Waals surface area contributed by atoms with Crippen molar-refractivity contribution < 1.29 is 23.0 Å². The van der Waals surface area contributed by atoms with Gasteiger partial charge in [0.2, 0.25) is 0 Å². The quantitative estimate of drug-likeness (QED) is 0.682. The van der Waals surface area contributed by atoms with Gasteiger partial charge in [-0.15, -0.1) is 13.2 Å². The van der Waals surface area contributed by atoms with Crippen LogP contribution in [0.5, 0.6) is 5.75 Å². The van der Waals surface area contributed by atoms with Crippen LogP contribution in [0.2, 0.25) is 0 Å². The van der Waals surface area contributed by atoms with E-state index in [-0.39, 0.29) is 12.4 Å². The van der Waals surface area contributed by atoms with Gasteiger partial charge in [0.15, 0.2) is 5.75 Å². The Morgan fingerprint density at radius 1 is 1.17 bits per heavy atom. The van der Waals surface area contributed by atoms with E-state index < -0.39 is 6.36 Å². The molecular weight excluding hydrogens is 307 g/mol. The smallest absolute Gasteiger partial charge is 0.404 e. The van der Waals surface area contributed by atoms with Crippen molar-refractivity contribution in [3.05, 3.63) is 47.6 Å². The molecule has 0 saturated carbocycles. The minimum Gasteiger partial charge on any atom is -0.404 e. The molecule has 0 unspecified atom stereocenters. The topological polar surface area (TPSA) is 41.5 Å². The standard InChI is InChI=1S/C17H22F3NO2/c1-13(10-11-22)6-5-7-14(2)12-21-15-8-3-4-9-16(15)23-17(18,19)20/h3-4,7-10,21-22H,5-6,11-12H2,1-2H3/b13-10+,14-7+. The Morgan fingerprint density at radius 2 is 1.87 bits per heavy atom. The number of rotatable bonds is 8. The number of ether oxygens (including phenoxy) is 1. The molecule has 0 radical (unpaired) electrons. The number of aliphatic hydroxyl groups excluding tert-OH is 1. The van der Waals surface area contributed by atoms with Gasteiger partial charge in [-0.25, -0.2) is 0 Å². The zero-order chi connectivity index (χ0) is 17.3. The first-order valence-electron chi connectivity index (χ1n) is 7.32. The number of allylic oxidation sites excluding steroid dienone is 2. The molecule has 0 atom stereocenters. The van der Waals surface area contributed by atoms with Crippen molar-refractivity contribution in [2.45, 2.75) is 33.1 Å². The predicted molar refractivity (Wildman–Crippen MR) is 85.4 cm³/mol. The lowest BCUT2D eigenvalue weighted by molar-refractivity contribution is -0.274. The number of aliphatic hydroxyl groups is 1. The van der Waals surface area contributed by atoms with Crippen molar-refractivity contribution in [2.75, 3.05) is 18.5 Å². The molecule has 1 rings (SSSR count). The summed E-state index contributed by atoms with van der Waals surface area (Å²) in [5.74, 6) is -0.241. The summed E-state index contributed by atoms with van der Waals surface area (Å²) in [4.78, 5) is 0. The summed E-state index contributed by atoms with van der Waals surface area (Å²) in [5, 5.41) is 11.7. The Balaban J connectivity index is 2.56. The molecule has 0 spiro atoms. The lowest BCUT2D eigenvalue weighted by Gasteiger charge is -2.14. The molecular formula is C17H22F3NO2. The summed E-state index contributed by atoms with van der Waals surface area (Å²) in [5.41, 5.74) is 2.42. The van der Waals surface area contributed by atoms with Gasteiger partial charge in [0, 0.05) is 6.54 Å². The molecule has 0 amide bonds. The summed E-state index contributed by atoms with van der Waals surface area (Å²) < 4.78 is 41.0. The van der Waals surface area contributed by atoms with E-state index >= 15 is 0 Å². The van der Waals surface area contributed by atoms with Crippen LogP contribution in [0.1, 0.15) is 26.7 Å². The lowest BCUT2D eigenvalue weighted by Crippen LogP contribution is -2.18. The molecule has 1 aromatic rings. The Kier molecular flexibility index (Phi) is 7.68. The predicted octanol–water partition coefficient (Wildman–Crippen LogP) is 4.66. The van der Waals surface area contributed by atoms with Crippen molar-refractivity contribution in [1.82, 2.24) is 0 Å². The molecule has 0 saturated heterocycles. The van der Waals surface area contributed by atoms with Gasteiger partial charge in [-0.2, -0.15) is 0 Å². The molecule has 128 valence electrons. The van der Waals surface area contributed by atoms with Crippen molar-refractivity contribution >= 4 is 5.69 Å². The largest absolute Gasteiger partial charge is 0.573 e. The van der Waals surface area contributed by atoms with Crippen LogP contribution in [0.4, 0.5) is 18.9 Å². The summed E-state index contributed by atoms with van der Waals surface area (Å²) in [7, 11) is 0. The second kappa shape index (κ2) is 9.25. The number of benzene rings is 1. The maximum absolute atomic E-state index is 12.3. The fourth-order valence-corrected chi connectivity index (χ4v) is 1.94. The summed E-state index contributed by atoms with van der Waals surface area (Å²) in [6.45, 7) is 4.32. The number of nitrogens with one attached hydrogen (secondary N) is 1. The molecule has 1 aromatic carbocycles. The second-order valence-corrected chi connectivity index (χ2v) is 5.22. The molecule has 2 N–H and O–H groups in total. The Bertz CT molecular complexity index is 551. The minimum atomic E-state index is -4.71. The minimum absolute atomic E-state index is 0.0338. The molecule has 0 aliphatic carbocycles. The van der Waals surface area contributed by atoms with E-state index in [1.54, 1.807) is 18.2 Å². The van der Waals surface area contributed by atoms with Gasteiger partial charge in [0.25, 0.3) is 0 Å². The fraction of sp³-hybridized carbons (Fsp3) is 0.412. The number of halogens is 3. The van der Waals surface area contributed by atoms with Crippen LogP contribution < -0.4 is 10.1 Å². The molecule has 6 heteroatoms. The van der Waals surface area contributed by atoms with E-state index in [0.29, 0.717) is 12.2 Å². The summed E-state index contributed by atoms with van der Waals surface area (Å²) in [6, 6.07) is 5.96. The van der Waals surface area contributed by atoms with Crippen molar-refractivity contribution in [2.24, 2.45) is 0 Å². The molecule has 0 heterocycles. The van der Waals surface area contributed by atoms with Crippen LogP contribution in [0.25, 0.3) is 0 Å². The third kappa shape index (κ3) is 8.30. The van der Waals surface area contributed by atoms with Gasteiger partial charge in [-0.3, -0.25) is 0 Å². The fourth-order valence-electron chi connectivity index (χ4n) is 1.94. The number of hydrogen-bond acceptors (Lipinski definition) is 3. The monoisotopic (exact) mass is 329 g/mol. The summed E-state index contributed by atoms with van der Waals surface area (Å²) in [6.07, 6.45) is 0.725. The van der Waals surface area contributed by atoms with Crippen LogP contribution >= 0.6 is 0 Å². The molecule has 0 aliphatic rings. The van der Waals surface area contributed by atoms with E-state index in [0.717, 1.165) is 24.0 Å². The van der Waals surface area contributed by atoms with Crippen molar-refractivity contribution in [3.8, 4) is 5.75 Å². The van der Waals surface area contributed by atoms with Crippen molar-refractivity contribution in [3.63, 3.8) is 0 Å². The Labute approximate surface area is 134 Å². The third-order valence-electron chi connectivity index (χ3n) is 3.14. The molecule has 23 heavy (non-hydrogen) atoms. The number of alkyl halides is 3. The van der Waals surface area contributed by atoms with E-state index in [1.807, 2.05) is 19.9 Å². The van der Waals surface area contributed by atoms with E-state index in [4.69, 9.17) is 5.11 Å². The average Bonchev–Trinajstić information content (AvgIpc) is 2.45. The highest BCUT2D eigenvalue weighted by molar-refractivity contribution is 5.56. The number of hydrogen-bond donors (Lipinski definition) is 2. The molecule has 0 fully saturated rings. The van der Waals surface area contributed by atoms with Crippen LogP contribution in [0.3, 0.4) is 0 Å². The van der Waals surface area contributed by atoms with E-state index in [2.05, 4.69) is 10.1 Å². The van der Waals surface area contributed by atoms with Gasteiger partial charge < -0.3 is 15.2 Å². The van der Waals surface area contributed by atoms with E-state index in [9.17, 15) is 13.2 Å². The zero-order valence-corrected chi connectivity index (χ0v) is 13.3. The van der Waals surface area contributed by atoms with Crippen LogP contribution in [0, 0.1) is 0 Å². The van der Waals surface area contributed by atoms with Gasteiger partial charge in [-0.1, -0.05) is 35.4 Å². The zero-order valence-electron chi connectivity index (χ0n) is 13.3. The molecule has 0 aromatic heterocycles. The second-order valence-electron chi connectivity index (χ2n) is 5.22. The van der Waals surface area contributed by atoms with Crippen LogP contribution in [-0.4, -0.2) is 24.6 Å². The third-order valence-corrected chi connectivity index (χ3v) is 3.14. The highest BCUT2D eigenvalue weighted by atomic mass is 19.4. The first kappa shape index (κ1) is 19.1. The summed E-state index contributed by atoms with van der Waals surface area (Å²) >= 11 is 0. The highest BCUT2D eigenvalue weighted by Gasteiger charge is 2.31. The Hall–Kier alpha value is -1.95. The lowest BCUT2D eigenvalue weighted by atomic mass is 10.1. The SMILES string of the molecule is C/C(=C\CO)CC/C=C(\C)CNc1ccccc1OC(F)(F)F. The Morgan fingerprint density at radius 3 is 2.52 bits per heavy atom. The molecule has 0 bridgehead atoms. The number of para-hydroxylation sites is 2. The van der Waals surface area contributed by atoms with Gasteiger partial charge >= 0.3 is 6.36 Å². The van der Waals surface area contributed by atoms with Gasteiger partial charge in [0.05, 0.1) is 12.3 Å². The first-order chi connectivity index (χ1) is 10.8. The van der Waals surface area contributed by atoms with Gasteiger partial charge in [-0.05, 0) is 38.8 Å². The maximum Gasteiger partial charge on any atom is 0.573 e. The average molecular weight is 329 g/mol. The van der Waals surface area contributed by atoms with Crippen molar-refractivity contribution in [1.29, 1.82) is 0 Å². The first-order valence-corrected chi connectivity index (χ1v) is 7.32. The number of anilines is 1. The molecule has 3 nitrogen and oxygen atoms in total. The molecule has 0 aliphatic heterocycles. The highest BCUT2D eigenvalue weighted by Crippen LogP contribution is 2.29. The van der Waals surface area contributed by atoms with Crippen LogP contribution in [0.15, 0.2) is 47.6 Å². The van der Waals surface area contributed by atoms with Gasteiger partial charge in [0.1, 0.15) is 0 Å². The van der Waals surface area contributed by atoms with E-state index in [1.165, 1.54) is 12.1 Å². The van der Waals surface area contributed by atoms with Crippen LogP contribution in [-0.2, 0) is 0 Å². The maximum atomic E-state index is 12.3.